The number of nitrogens with zero attached hydrogens (tertiary/aromatic N) is 10. The van der Waals surface area contributed by atoms with Gasteiger partial charge in [0.25, 0.3) is 5.95 Å². The smallest absolute Gasteiger partial charge is 0.291 e. The van der Waals surface area contributed by atoms with Gasteiger partial charge in [-0.15, -0.1) is 5.10 Å². The van der Waals surface area contributed by atoms with Crippen LogP contribution in [0.25, 0.3) is 28.6 Å². The van der Waals surface area contributed by atoms with Crippen LogP contribution in [0, 0.1) is 0 Å². The first-order chi connectivity index (χ1) is 16.2. The van der Waals surface area contributed by atoms with Gasteiger partial charge in [-0.3, -0.25) is 9.55 Å². The average Bonchev–Trinajstić information content (AvgIpc) is 3.58. The zero-order valence-corrected chi connectivity index (χ0v) is 18.1. The normalized spacial score (nSPS) is 11.2. The summed E-state index contributed by atoms with van der Waals surface area (Å²) < 4.78 is 4.69. The van der Waals surface area contributed by atoms with Crippen molar-refractivity contribution in [2.24, 2.45) is 7.05 Å². The zero-order chi connectivity index (χ0) is 22.8. The van der Waals surface area contributed by atoms with Crippen molar-refractivity contribution in [3.05, 3.63) is 70.5 Å². The van der Waals surface area contributed by atoms with Crippen molar-refractivity contribution in [1.82, 2.24) is 54.9 Å². The third-order valence-electron chi connectivity index (χ3n) is 5.35. The van der Waals surface area contributed by atoms with E-state index in [2.05, 4.69) is 48.1 Å². The van der Waals surface area contributed by atoms with Crippen LogP contribution in [0.3, 0.4) is 0 Å². The van der Waals surface area contributed by atoms with Crippen LogP contribution in [-0.2, 0) is 20.0 Å². The van der Waals surface area contributed by atoms with Gasteiger partial charge < -0.3 is 0 Å². The molecule has 0 saturated heterocycles. The molecule has 0 saturated carbocycles. The quantitative estimate of drug-likeness (QED) is 0.398. The minimum Gasteiger partial charge on any atom is -0.291 e. The Morgan fingerprint density at radius 2 is 1.88 bits per heavy atom. The van der Waals surface area contributed by atoms with E-state index in [1.165, 1.54) is 9.25 Å². The van der Waals surface area contributed by atoms with E-state index >= 15 is 0 Å². The molecule has 0 unspecified atom stereocenters. The molecular formula is C21H21N11O. The molecule has 4 heterocycles. The number of benzene rings is 1. The highest BCUT2D eigenvalue weighted by atomic mass is 16.2. The lowest BCUT2D eigenvalue weighted by Crippen LogP contribution is -2.26. The van der Waals surface area contributed by atoms with Gasteiger partial charge in [-0.25, -0.2) is 19.1 Å². The monoisotopic (exact) mass is 443 g/mol. The summed E-state index contributed by atoms with van der Waals surface area (Å²) in [4.78, 5) is 17.8. The molecule has 0 radical (unpaired) electrons. The summed E-state index contributed by atoms with van der Waals surface area (Å²) in [7, 11) is 1.70. The molecule has 0 fully saturated rings. The molecule has 4 aromatic heterocycles. The number of aromatic amines is 1. The molecule has 166 valence electrons. The molecule has 1 N–H and O–H groups in total. The highest BCUT2D eigenvalue weighted by molar-refractivity contribution is 5.78. The lowest BCUT2D eigenvalue weighted by atomic mass is 10.0. The second-order valence-electron chi connectivity index (χ2n) is 7.56. The van der Waals surface area contributed by atoms with E-state index in [0.717, 1.165) is 40.9 Å². The van der Waals surface area contributed by atoms with Gasteiger partial charge in [-0.1, -0.05) is 48.8 Å². The molecule has 0 aliphatic carbocycles. The Balaban J connectivity index is 1.47. The Morgan fingerprint density at radius 3 is 2.55 bits per heavy atom. The van der Waals surface area contributed by atoms with Gasteiger partial charge in [-0.2, -0.15) is 0 Å². The molecule has 5 rings (SSSR count). The molecule has 0 aliphatic rings. The summed E-state index contributed by atoms with van der Waals surface area (Å²) in [5.74, 6) is 0.954. The van der Waals surface area contributed by atoms with Crippen LogP contribution in [0.1, 0.15) is 24.6 Å². The van der Waals surface area contributed by atoms with Crippen LogP contribution < -0.4 is 5.69 Å². The Kier molecular flexibility index (Phi) is 5.30. The van der Waals surface area contributed by atoms with Gasteiger partial charge in [-0.05, 0) is 38.9 Å². The first-order valence-electron chi connectivity index (χ1n) is 10.5. The number of hydrogen-bond acceptors (Lipinski definition) is 8. The Morgan fingerprint density at radius 1 is 1.03 bits per heavy atom. The number of rotatable bonds is 7. The Hall–Kier alpha value is -4.48. The fraction of sp³-hybridized carbons (Fsp3) is 0.238. The zero-order valence-electron chi connectivity index (χ0n) is 18.1. The van der Waals surface area contributed by atoms with E-state index in [0.29, 0.717) is 18.3 Å². The second kappa shape index (κ2) is 8.57. The molecule has 0 bridgehead atoms. The van der Waals surface area contributed by atoms with Crippen LogP contribution in [-0.4, -0.2) is 54.9 Å². The first-order valence-corrected chi connectivity index (χ1v) is 10.5. The van der Waals surface area contributed by atoms with Gasteiger partial charge in [0.15, 0.2) is 5.82 Å². The largest absolute Gasteiger partial charge is 0.335 e. The van der Waals surface area contributed by atoms with E-state index in [1.807, 2.05) is 36.4 Å². The van der Waals surface area contributed by atoms with Gasteiger partial charge in [0.1, 0.15) is 0 Å². The van der Waals surface area contributed by atoms with Crippen LogP contribution >= 0.6 is 0 Å². The number of H-pyrrole nitrogens is 1. The maximum absolute atomic E-state index is 13.2. The van der Waals surface area contributed by atoms with Gasteiger partial charge in [0.05, 0.1) is 12.2 Å². The number of pyridine rings is 1. The minimum atomic E-state index is -0.191. The fourth-order valence-corrected chi connectivity index (χ4v) is 3.77. The Bertz CT molecular complexity index is 1430. The predicted octanol–water partition coefficient (Wildman–Crippen LogP) is 1.41. The molecule has 12 nitrogen and oxygen atoms in total. The summed E-state index contributed by atoms with van der Waals surface area (Å²) in [6.07, 6.45) is 5.26. The van der Waals surface area contributed by atoms with E-state index in [1.54, 1.807) is 24.0 Å². The van der Waals surface area contributed by atoms with Crippen LogP contribution in [0.5, 0.6) is 0 Å². The van der Waals surface area contributed by atoms with Crippen molar-refractivity contribution >= 4 is 0 Å². The van der Waals surface area contributed by atoms with Crippen molar-refractivity contribution in [1.29, 1.82) is 0 Å². The standard InChI is InChI=1S/C21H21N11O/c1-3-6-15-13-32(20-25-28-29-30(20)2)21(33)31(15)12-14-9-10-18(22-11-14)16-7-4-5-8-17(16)19-23-26-27-24-19/h4-5,7-11,13H,3,6,12H2,1-2H3,(H,23,24,26,27). The molecule has 5 aromatic rings. The third-order valence-corrected chi connectivity index (χ3v) is 5.35. The van der Waals surface area contributed by atoms with Crippen LogP contribution in [0.2, 0.25) is 0 Å². The predicted molar refractivity (Wildman–Crippen MR) is 118 cm³/mol. The topological polar surface area (TPSA) is 138 Å². The molecule has 0 atom stereocenters. The summed E-state index contributed by atoms with van der Waals surface area (Å²) >= 11 is 0. The molecule has 1 aromatic carbocycles. The van der Waals surface area contributed by atoms with Gasteiger partial charge >= 0.3 is 5.69 Å². The van der Waals surface area contributed by atoms with Crippen molar-refractivity contribution in [2.75, 3.05) is 0 Å². The molecule has 0 amide bonds. The first kappa shape index (κ1) is 20.4. The summed E-state index contributed by atoms with van der Waals surface area (Å²) in [6.45, 7) is 2.47. The molecule has 12 heteroatoms. The summed E-state index contributed by atoms with van der Waals surface area (Å²) in [6, 6.07) is 11.7. The highest BCUT2D eigenvalue weighted by Crippen LogP contribution is 2.28. The van der Waals surface area contributed by atoms with E-state index in [-0.39, 0.29) is 5.69 Å². The van der Waals surface area contributed by atoms with Crippen molar-refractivity contribution in [3.63, 3.8) is 0 Å². The number of aromatic nitrogens is 11. The summed E-state index contributed by atoms with van der Waals surface area (Å²) in [5.41, 5.74) is 4.19. The number of imidazole rings is 1. The maximum Gasteiger partial charge on any atom is 0.335 e. The minimum absolute atomic E-state index is 0.191. The lowest BCUT2D eigenvalue weighted by molar-refractivity contribution is 0.663. The molecule has 0 aliphatic heterocycles. The lowest BCUT2D eigenvalue weighted by Gasteiger charge is -2.09. The van der Waals surface area contributed by atoms with Crippen molar-refractivity contribution in [2.45, 2.75) is 26.3 Å². The number of nitrogens with one attached hydrogen (secondary N) is 1. The second-order valence-corrected chi connectivity index (χ2v) is 7.56. The van der Waals surface area contributed by atoms with Gasteiger partial charge in [0, 0.05) is 36.3 Å². The van der Waals surface area contributed by atoms with E-state index in [9.17, 15) is 4.79 Å². The maximum atomic E-state index is 13.2. The van der Waals surface area contributed by atoms with Crippen LogP contribution in [0.15, 0.2) is 53.6 Å². The van der Waals surface area contributed by atoms with Crippen molar-refractivity contribution < 1.29 is 0 Å². The SMILES string of the molecule is CCCc1cn(-c2nnnn2C)c(=O)n1Cc1ccc(-c2ccccc2-c2nnn[nH]2)nc1. The number of tetrazole rings is 2. The van der Waals surface area contributed by atoms with E-state index in [4.69, 9.17) is 0 Å². The number of hydrogen-bond donors (Lipinski definition) is 1. The summed E-state index contributed by atoms with van der Waals surface area (Å²) in [5, 5.41) is 25.6. The van der Waals surface area contributed by atoms with E-state index < -0.39 is 0 Å². The molecular weight excluding hydrogens is 422 g/mol. The van der Waals surface area contributed by atoms with Gasteiger partial charge in [0.2, 0.25) is 0 Å². The molecule has 33 heavy (non-hydrogen) atoms. The van der Waals surface area contributed by atoms with Crippen LogP contribution in [0.4, 0.5) is 0 Å². The highest BCUT2D eigenvalue weighted by Gasteiger charge is 2.17. The van der Waals surface area contributed by atoms with Crippen molar-refractivity contribution in [3.8, 4) is 28.6 Å². The Labute approximate surface area is 187 Å². The average molecular weight is 443 g/mol. The molecule has 0 spiro atoms. The third kappa shape index (κ3) is 3.82. The fourth-order valence-electron chi connectivity index (χ4n) is 3.77. The number of aryl methyl sites for hydroxylation is 2.